The summed E-state index contributed by atoms with van der Waals surface area (Å²) >= 11 is 0. The van der Waals surface area contributed by atoms with Crippen molar-refractivity contribution >= 4 is 17.4 Å². The number of benzene rings is 1. The normalized spacial score (nSPS) is 18.2. The van der Waals surface area contributed by atoms with Gasteiger partial charge in [-0.3, -0.25) is 9.59 Å². The first kappa shape index (κ1) is 17.9. The summed E-state index contributed by atoms with van der Waals surface area (Å²) in [5.41, 5.74) is 0.899. The number of ether oxygens (including phenoxy) is 1. The molecule has 5 nitrogen and oxygen atoms in total. The van der Waals surface area contributed by atoms with Crippen LogP contribution in [0.1, 0.15) is 18.9 Å². The molecule has 0 spiro atoms. The number of likely N-dealkylation sites (tertiary alicyclic amines) is 1. The van der Waals surface area contributed by atoms with Crippen molar-refractivity contribution in [2.24, 2.45) is 0 Å². The molecule has 1 saturated heterocycles. The SMILES string of the molecule is C/C(=C\C(=O)N(C)C1CCN(C)C1=O)c1ccccc1OC(F)F. The van der Waals surface area contributed by atoms with Crippen LogP contribution < -0.4 is 4.74 Å². The van der Waals surface area contributed by atoms with Crippen molar-refractivity contribution in [3.05, 3.63) is 35.9 Å². The van der Waals surface area contributed by atoms with E-state index in [4.69, 9.17) is 0 Å². The van der Waals surface area contributed by atoms with Gasteiger partial charge in [-0.2, -0.15) is 8.78 Å². The number of carbonyl (C=O) groups excluding carboxylic acids is 2. The van der Waals surface area contributed by atoms with Crippen molar-refractivity contribution in [1.29, 1.82) is 0 Å². The number of para-hydroxylation sites is 1. The average Bonchev–Trinajstić information content (AvgIpc) is 2.86. The summed E-state index contributed by atoms with van der Waals surface area (Å²) in [6.45, 7) is -0.694. The molecular weight excluding hydrogens is 318 g/mol. The molecule has 2 rings (SSSR count). The Morgan fingerprint density at radius 2 is 2.08 bits per heavy atom. The molecule has 0 aromatic heterocycles. The lowest BCUT2D eigenvalue weighted by atomic mass is 10.1. The molecule has 7 heteroatoms. The average molecular weight is 338 g/mol. The van der Waals surface area contributed by atoms with Gasteiger partial charge in [-0.05, 0) is 25.0 Å². The smallest absolute Gasteiger partial charge is 0.387 e. The van der Waals surface area contributed by atoms with E-state index in [-0.39, 0.29) is 17.6 Å². The van der Waals surface area contributed by atoms with E-state index in [2.05, 4.69) is 4.74 Å². The summed E-state index contributed by atoms with van der Waals surface area (Å²) < 4.78 is 29.4. The van der Waals surface area contributed by atoms with Crippen LogP contribution >= 0.6 is 0 Å². The van der Waals surface area contributed by atoms with Gasteiger partial charge in [0, 0.05) is 32.3 Å². The lowest BCUT2D eigenvalue weighted by molar-refractivity contribution is -0.137. The van der Waals surface area contributed by atoms with Crippen molar-refractivity contribution in [1.82, 2.24) is 9.80 Å². The molecular formula is C17H20F2N2O3. The second-order valence-electron chi connectivity index (χ2n) is 5.72. The number of rotatable bonds is 5. The Kier molecular flexibility index (Phi) is 5.54. The van der Waals surface area contributed by atoms with Crippen molar-refractivity contribution in [3.8, 4) is 5.75 Å². The molecule has 0 radical (unpaired) electrons. The Hall–Kier alpha value is -2.44. The zero-order valence-electron chi connectivity index (χ0n) is 13.8. The Balaban J connectivity index is 2.18. The van der Waals surface area contributed by atoms with Crippen molar-refractivity contribution < 1.29 is 23.1 Å². The van der Waals surface area contributed by atoms with Crippen LogP contribution in [0.15, 0.2) is 30.3 Å². The van der Waals surface area contributed by atoms with Gasteiger partial charge in [0.15, 0.2) is 0 Å². The predicted octanol–water partition coefficient (Wildman–Crippen LogP) is 2.38. The molecule has 0 N–H and O–H groups in total. The summed E-state index contributed by atoms with van der Waals surface area (Å²) in [5.74, 6) is -0.445. The molecule has 0 saturated carbocycles. The fraction of sp³-hybridized carbons (Fsp3) is 0.412. The number of halogens is 2. The molecule has 1 aliphatic rings. The third kappa shape index (κ3) is 3.90. The molecule has 0 aliphatic carbocycles. The molecule has 130 valence electrons. The van der Waals surface area contributed by atoms with E-state index in [0.29, 0.717) is 24.1 Å². The topological polar surface area (TPSA) is 49.9 Å². The zero-order chi connectivity index (χ0) is 17.9. The predicted molar refractivity (Wildman–Crippen MR) is 85.5 cm³/mol. The highest BCUT2D eigenvalue weighted by atomic mass is 19.3. The van der Waals surface area contributed by atoms with Crippen molar-refractivity contribution in [3.63, 3.8) is 0 Å². The van der Waals surface area contributed by atoms with Gasteiger partial charge in [-0.15, -0.1) is 0 Å². The van der Waals surface area contributed by atoms with Crippen LogP contribution in [0, 0.1) is 0 Å². The molecule has 1 aromatic rings. The minimum atomic E-state index is -2.94. The maximum Gasteiger partial charge on any atom is 0.387 e. The van der Waals surface area contributed by atoms with Crippen LogP contribution in [0.2, 0.25) is 0 Å². The summed E-state index contributed by atoms with van der Waals surface area (Å²) in [7, 11) is 3.26. The van der Waals surface area contributed by atoms with E-state index in [1.165, 1.54) is 17.0 Å². The van der Waals surface area contributed by atoms with E-state index in [9.17, 15) is 18.4 Å². The minimum absolute atomic E-state index is 0.00776. The molecule has 24 heavy (non-hydrogen) atoms. The molecule has 1 aliphatic heterocycles. The number of allylic oxidation sites excluding steroid dienone is 1. The number of nitrogens with zero attached hydrogens (tertiary/aromatic N) is 2. The molecule has 2 amide bonds. The zero-order valence-corrected chi connectivity index (χ0v) is 13.8. The van der Waals surface area contributed by atoms with Crippen LogP contribution in [0.5, 0.6) is 5.75 Å². The summed E-state index contributed by atoms with van der Waals surface area (Å²) in [4.78, 5) is 27.3. The maximum absolute atomic E-state index is 12.5. The fourth-order valence-electron chi connectivity index (χ4n) is 2.67. The fourth-order valence-corrected chi connectivity index (χ4v) is 2.67. The highest BCUT2D eigenvalue weighted by Gasteiger charge is 2.33. The van der Waals surface area contributed by atoms with Gasteiger partial charge >= 0.3 is 6.61 Å². The number of amides is 2. The highest BCUT2D eigenvalue weighted by Crippen LogP contribution is 2.27. The van der Waals surface area contributed by atoms with E-state index in [1.807, 2.05) is 0 Å². The van der Waals surface area contributed by atoms with Crippen LogP contribution in [0.3, 0.4) is 0 Å². The number of alkyl halides is 2. The number of likely N-dealkylation sites (N-methyl/N-ethyl adjacent to an activating group) is 2. The van der Waals surface area contributed by atoms with Crippen LogP contribution in [0.25, 0.3) is 5.57 Å². The first-order valence-electron chi connectivity index (χ1n) is 7.55. The lowest BCUT2D eigenvalue weighted by Crippen LogP contribution is -2.41. The molecule has 1 aromatic carbocycles. The molecule has 0 bridgehead atoms. The summed E-state index contributed by atoms with van der Waals surface area (Å²) in [6.07, 6.45) is 1.91. The van der Waals surface area contributed by atoms with Gasteiger partial charge in [0.25, 0.3) is 0 Å². The third-order valence-corrected chi connectivity index (χ3v) is 4.08. The van der Waals surface area contributed by atoms with E-state index < -0.39 is 12.7 Å². The highest BCUT2D eigenvalue weighted by molar-refractivity contribution is 5.98. The van der Waals surface area contributed by atoms with E-state index in [1.54, 1.807) is 44.1 Å². The summed E-state index contributed by atoms with van der Waals surface area (Å²) in [6, 6.07) is 5.79. The van der Waals surface area contributed by atoms with Gasteiger partial charge in [-0.25, -0.2) is 0 Å². The molecule has 1 fully saturated rings. The van der Waals surface area contributed by atoms with Crippen LogP contribution in [-0.2, 0) is 9.59 Å². The largest absolute Gasteiger partial charge is 0.434 e. The van der Waals surface area contributed by atoms with E-state index in [0.717, 1.165) is 0 Å². The van der Waals surface area contributed by atoms with Gasteiger partial charge in [-0.1, -0.05) is 18.2 Å². The Morgan fingerprint density at radius 3 is 2.67 bits per heavy atom. The van der Waals surface area contributed by atoms with Gasteiger partial charge in [0.2, 0.25) is 11.8 Å². The Labute approximate surface area is 139 Å². The Morgan fingerprint density at radius 1 is 1.42 bits per heavy atom. The second kappa shape index (κ2) is 7.42. The molecule has 1 atom stereocenters. The first-order valence-corrected chi connectivity index (χ1v) is 7.55. The van der Waals surface area contributed by atoms with Crippen molar-refractivity contribution in [2.75, 3.05) is 20.6 Å². The minimum Gasteiger partial charge on any atom is -0.434 e. The Bertz CT molecular complexity index is 661. The molecule has 1 heterocycles. The molecule has 1 unspecified atom stereocenters. The van der Waals surface area contributed by atoms with Crippen molar-refractivity contribution in [2.45, 2.75) is 26.0 Å². The van der Waals surface area contributed by atoms with Gasteiger partial charge < -0.3 is 14.5 Å². The lowest BCUT2D eigenvalue weighted by Gasteiger charge is -2.22. The first-order chi connectivity index (χ1) is 11.3. The number of carbonyl (C=O) groups is 2. The summed E-state index contributed by atoms with van der Waals surface area (Å²) in [5, 5.41) is 0. The maximum atomic E-state index is 12.5. The monoisotopic (exact) mass is 338 g/mol. The number of hydrogen-bond donors (Lipinski definition) is 0. The van der Waals surface area contributed by atoms with Gasteiger partial charge in [0.1, 0.15) is 11.8 Å². The number of hydrogen-bond acceptors (Lipinski definition) is 3. The van der Waals surface area contributed by atoms with E-state index >= 15 is 0 Å². The standard InChI is InChI=1S/C17H20F2N2O3/c1-11(12-6-4-5-7-14(12)24-17(18)19)10-15(22)21(3)13-8-9-20(2)16(13)23/h4-7,10,13,17H,8-9H2,1-3H3/b11-10+. The van der Waals surface area contributed by atoms with Crippen LogP contribution in [0.4, 0.5) is 8.78 Å². The van der Waals surface area contributed by atoms with Crippen LogP contribution in [-0.4, -0.2) is 54.9 Å². The third-order valence-electron chi connectivity index (χ3n) is 4.08. The quantitative estimate of drug-likeness (QED) is 0.775. The second-order valence-corrected chi connectivity index (χ2v) is 5.72. The van der Waals surface area contributed by atoms with Gasteiger partial charge in [0.05, 0.1) is 0 Å².